The van der Waals surface area contributed by atoms with Gasteiger partial charge in [0.1, 0.15) is 6.04 Å². The summed E-state index contributed by atoms with van der Waals surface area (Å²) in [6, 6.07) is -1.21. The lowest BCUT2D eigenvalue weighted by atomic mass is 10.2. The highest BCUT2D eigenvalue weighted by molar-refractivity contribution is 5.92. The third-order valence-corrected chi connectivity index (χ3v) is 1.67. The summed E-state index contributed by atoms with van der Waals surface area (Å²) >= 11 is 0. The molecule has 13 heavy (non-hydrogen) atoms. The number of hydrogen-bond donors (Lipinski definition) is 1. The first-order valence-electron chi connectivity index (χ1n) is 3.83. The molecule has 1 saturated heterocycles. The van der Waals surface area contributed by atoms with Gasteiger partial charge in [0.25, 0.3) is 5.91 Å². The molecule has 1 atom stereocenters. The molecule has 1 unspecified atom stereocenters. The van der Waals surface area contributed by atoms with Gasteiger partial charge in [0.05, 0.1) is 13.0 Å². The first-order chi connectivity index (χ1) is 5.97. The summed E-state index contributed by atoms with van der Waals surface area (Å²) in [5, 5.41) is 1.87. The van der Waals surface area contributed by atoms with Gasteiger partial charge in [-0.3, -0.25) is 4.79 Å². The molecular weight excluding hydrogens is 184 g/mol. The molecule has 0 spiro atoms. The van der Waals surface area contributed by atoms with Crippen molar-refractivity contribution in [1.29, 1.82) is 0 Å². The molecule has 0 aromatic carbocycles. The average molecular weight is 193 g/mol. The van der Waals surface area contributed by atoms with Crippen LogP contribution in [0.5, 0.6) is 0 Å². The van der Waals surface area contributed by atoms with Crippen LogP contribution < -0.4 is 5.32 Å². The molecule has 1 fully saturated rings. The predicted molar refractivity (Wildman–Crippen MR) is 38.1 cm³/mol. The maximum atomic E-state index is 12.6. The number of halogens is 2. The Hall–Kier alpha value is -1.20. The SMILES string of the molecule is CCOC(=O)C1CC(F)(F)C(=O)N1. The third kappa shape index (κ3) is 1.93. The minimum atomic E-state index is -3.45. The number of carbonyl (C=O) groups is 2. The van der Waals surface area contributed by atoms with E-state index < -0.39 is 30.3 Å². The van der Waals surface area contributed by atoms with E-state index in [0.717, 1.165) is 0 Å². The van der Waals surface area contributed by atoms with Gasteiger partial charge in [0, 0.05) is 0 Å². The van der Waals surface area contributed by atoms with Crippen LogP contribution in [0.4, 0.5) is 8.78 Å². The zero-order chi connectivity index (χ0) is 10.1. The smallest absolute Gasteiger partial charge is 0.328 e. The van der Waals surface area contributed by atoms with E-state index in [9.17, 15) is 18.4 Å². The van der Waals surface area contributed by atoms with Crippen molar-refractivity contribution in [2.24, 2.45) is 0 Å². The number of nitrogens with one attached hydrogen (secondary N) is 1. The summed E-state index contributed by atoms with van der Waals surface area (Å²) in [4.78, 5) is 21.5. The van der Waals surface area contributed by atoms with Crippen molar-refractivity contribution >= 4 is 11.9 Å². The van der Waals surface area contributed by atoms with Gasteiger partial charge in [-0.15, -0.1) is 0 Å². The van der Waals surface area contributed by atoms with Crippen molar-refractivity contribution in [3.63, 3.8) is 0 Å². The number of alkyl halides is 2. The molecule has 1 aliphatic heterocycles. The van der Waals surface area contributed by atoms with Crippen LogP contribution in [0.3, 0.4) is 0 Å². The fourth-order valence-electron chi connectivity index (χ4n) is 1.05. The highest BCUT2D eigenvalue weighted by Gasteiger charge is 2.51. The van der Waals surface area contributed by atoms with E-state index in [4.69, 9.17) is 0 Å². The third-order valence-electron chi connectivity index (χ3n) is 1.67. The quantitative estimate of drug-likeness (QED) is 0.631. The largest absolute Gasteiger partial charge is 0.464 e. The Kier molecular flexibility index (Phi) is 2.49. The molecule has 0 saturated carbocycles. The molecule has 0 bridgehead atoms. The molecule has 1 rings (SSSR count). The van der Waals surface area contributed by atoms with Crippen molar-refractivity contribution in [3.05, 3.63) is 0 Å². The van der Waals surface area contributed by atoms with Gasteiger partial charge in [-0.25, -0.2) is 4.79 Å². The summed E-state index contributed by atoms with van der Waals surface area (Å²) in [6.45, 7) is 1.67. The zero-order valence-corrected chi connectivity index (χ0v) is 6.97. The van der Waals surface area contributed by atoms with Crippen LogP contribution in [0.1, 0.15) is 13.3 Å². The van der Waals surface area contributed by atoms with Crippen LogP contribution in [-0.4, -0.2) is 30.4 Å². The van der Waals surface area contributed by atoms with Gasteiger partial charge in [-0.1, -0.05) is 0 Å². The van der Waals surface area contributed by atoms with Crippen LogP contribution >= 0.6 is 0 Å². The van der Waals surface area contributed by atoms with Crippen molar-refractivity contribution in [1.82, 2.24) is 5.32 Å². The number of esters is 1. The molecule has 6 heteroatoms. The Bertz CT molecular complexity index is 242. The molecule has 4 nitrogen and oxygen atoms in total. The molecule has 0 radical (unpaired) electrons. The second kappa shape index (κ2) is 3.27. The van der Waals surface area contributed by atoms with Crippen LogP contribution in [0.2, 0.25) is 0 Å². The van der Waals surface area contributed by atoms with E-state index >= 15 is 0 Å². The Morgan fingerprint density at radius 3 is 2.77 bits per heavy atom. The van der Waals surface area contributed by atoms with Gasteiger partial charge in [0.2, 0.25) is 0 Å². The number of carbonyl (C=O) groups excluding carboxylic acids is 2. The predicted octanol–water partition coefficient (Wildman–Crippen LogP) is 0.0733. The minimum absolute atomic E-state index is 0.108. The van der Waals surface area contributed by atoms with Crippen molar-refractivity contribution in [2.75, 3.05) is 6.61 Å². The maximum absolute atomic E-state index is 12.6. The molecule has 0 aromatic rings. The zero-order valence-electron chi connectivity index (χ0n) is 6.97. The van der Waals surface area contributed by atoms with E-state index in [-0.39, 0.29) is 6.61 Å². The lowest BCUT2D eigenvalue weighted by Crippen LogP contribution is -2.35. The first-order valence-corrected chi connectivity index (χ1v) is 3.83. The van der Waals surface area contributed by atoms with Gasteiger partial charge < -0.3 is 10.1 Å². The maximum Gasteiger partial charge on any atom is 0.328 e. The summed E-state index contributed by atoms with van der Waals surface area (Å²) < 4.78 is 29.6. The van der Waals surface area contributed by atoms with Crippen molar-refractivity contribution in [3.8, 4) is 0 Å². The number of ether oxygens (including phenoxy) is 1. The number of rotatable bonds is 2. The standard InChI is InChI=1S/C7H9F2NO3/c1-2-13-5(11)4-3-7(8,9)6(12)10-4/h4H,2-3H2,1H3,(H,10,12). The van der Waals surface area contributed by atoms with Crippen LogP contribution in [-0.2, 0) is 14.3 Å². The lowest BCUT2D eigenvalue weighted by molar-refractivity contribution is -0.145. The highest BCUT2D eigenvalue weighted by Crippen LogP contribution is 2.26. The van der Waals surface area contributed by atoms with Gasteiger partial charge >= 0.3 is 11.9 Å². The van der Waals surface area contributed by atoms with E-state index in [1.165, 1.54) is 0 Å². The Balaban J connectivity index is 2.58. The van der Waals surface area contributed by atoms with Crippen molar-refractivity contribution < 1.29 is 23.1 Å². The normalized spacial score (nSPS) is 25.5. The lowest BCUT2D eigenvalue weighted by Gasteiger charge is -2.07. The van der Waals surface area contributed by atoms with Crippen LogP contribution in [0.15, 0.2) is 0 Å². The van der Waals surface area contributed by atoms with E-state index in [2.05, 4.69) is 4.74 Å². The summed E-state index contributed by atoms with van der Waals surface area (Å²) in [5.41, 5.74) is 0. The molecule has 1 amide bonds. The second-order valence-electron chi connectivity index (χ2n) is 2.69. The summed E-state index contributed by atoms with van der Waals surface area (Å²) in [6.07, 6.45) is -0.815. The highest BCUT2D eigenvalue weighted by atomic mass is 19.3. The minimum Gasteiger partial charge on any atom is -0.464 e. The molecule has 0 aliphatic carbocycles. The van der Waals surface area contributed by atoms with Gasteiger partial charge in [-0.2, -0.15) is 8.78 Å². The van der Waals surface area contributed by atoms with Gasteiger partial charge in [-0.05, 0) is 6.92 Å². The summed E-state index contributed by atoms with van der Waals surface area (Å²) in [7, 11) is 0. The Labute approximate surface area is 73.2 Å². The van der Waals surface area contributed by atoms with Crippen molar-refractivity contribution in [2.45, 2.75) is 25.3 Å². The van der Waals surface area contributed by atoms with Crippen LogP contribution in [0, 0.1) is 0 Å². The van der Waals surface area contributed by atoms with Gasteiger partial charge in [0.15, 0.2) is 0 Å². The second-order valence-corrected chi connectivity index (χ2v) is 2.69. The monoisotopic (exact) mass is 193 g/mol. The molecule has 1 heterocycles. The van der Waals surface area contributed by atoms with Crippen LogP contribution in [0.25, 0.3) is 0 Å². The number of hydrogen-bond acceptors (Lipinski definition) is 3. The molecule has 74 valence electrons. The fraction of sp³-hybridized carbons (Fsp3) is 0.714. The van der Waals surface area contributed by atoms with E-state index in [1.54, 1.807) is 6.92 Å². The summed E-state index contributed by atoms with van der Waals surface area (Å²) in [5.74, 6) is -5.67. The molecule has 0 aromatic heterocycles. The van der Waals surface area contributed by atoms with E-state index in [1.807, 2.05) is 5.32 Å². The topological polar surface area (TPSA) is 55.4 Å². The van der Waals surface area contributed by atoms with E-state index in [0.29, 0.717) is 0 Å². The molecular formula is C7H9F2NO3. The number of amides is 1. The molecule has 1 aliphatic rings. The first kappa shape index (κ1) is 9.88. The fourth-order valence-corrected chi connectivity index (χ4v) is 1.05. The Morgan fingerprint density at radius 2 is 2.38 bits per heavy atom. The molecule has 1 N–H and O–H groups in total. The Morgan fingerprint density at radius 1 is 1.77 bits per heavy atom. The average Bonchev–Trinajstić information content (AvgIpc) is 2.27.